The zero-order chi connectivity index (χ0) is 22.5. The van der Waals surface area contributed by atoms with Gasteiger partial charge in [0.15, 0.2) is 0 Å². The van der Waals surface area contributed by atoms with Crippen molar-refractivity contribution in [1.82, 2.24) is 14.5 Å². The number of amides is 2. The zero-order valence-corrected chi connectivity index (χ0v) is 19.1. The Balaban J connectivity index is 1.97. The molecule has 2 N–H and O–H groups in total. The molecule has 168 valence electrons. The van der Waals surface area contributed by atoms with Crippen molar-refractivity contribution in [3.8, 4) is 5.75 Å². The van der Waals surface area contributed by atoms with E-state index in [0.717, 1.165) is 4.31 Å². The molecule has 9 nitrogen and oxygen atoms in total. The first-order valence-electron chi connectivity index (χ1n) is 9.97. The Morgan fingerprint density at radius 3 is 2.40 bits per heavy atom. The highest BCUT2D eigenvalue weighted by Crippen LogP contribution is 2.29. The first kappa shape index (κ1) is 24.1. The van der Waals surface area contributed by atoms with Crippen LogP contribution >= 0.6 is 0 Å². The Hall–Kier alpha value is -2.17. The van der Waals surface area contributed by atoms with Crippen LogP contribution in [0.3, 0.4) is 0 Å². The average Bonchev–Trinajstić information content (AvgIpc) is 2.67. The largest absolute Gasteiger partial charge is 0.495 e. The summed E-state index contributed by atoms with van der Waals surface area (Å²) in [5.74, 6) is 0.0240. The normalized spacial score (nSPS) is 16.0. The fraction of sp³-hybridized carbons (Fsp3) is 0.600. The van der Waals surface area contributed by atoms with Gasteiger partial charge in [0.2, 0.25) is 21.8 Å². The molecule has 1 heterocycles. The second-order valence-electron chi connectivity index (χ2n) is 7.91. The van der Waals surface area contributed by atoms with Crippen LogP contribution < -0.4 is 15.4 Å². The number of benzene rings is 1. The minimum atomic E-state index is -3.72. The van der Waals surface area contributed by atoms with Crippen molar-refractivity contribution in [2.75, 3.05) is 46.2 Å². The molecule has 30 heavy (non-hydrogen) atoms. The van der Waals surface area contributed by atoms with Crippen LogP contribution in [-0.2, 0) is 19.6 Å². The van der Waals surface area contributed by atoms with Gasteiger partial charge in [0.25, 0.3) is 0 Å². The molecule has 0 atom stereocenters. The Morgan fingerprint density at radius 2 is 1.87 bits per heavy atom. The molecular weight excluding hydrogens is 408 g/mol. The second kappa shape index (κ2) is 10.2. The molecular formula is C20H32N4O5S. The van der Waals surface area contributed by atoms with Crippen LogP contribution in [0.4, 0.5) is 5.69 Å². The van der Waals surface area contributed by atoms with E-state index in [2.05, 4.69) is 10.6 Å². The van der Waals surface area contributed by atoms with E-state index >= 15 is 0 Å². The second-order valence-corrected chi connectivity index (χ2v) is 10.0. The summed E-state index contributed by atoms with van der Waals surface area (Å²) in [6, 6.07) is 4.64. The molecule has 0 spiro atoms. The maximum absolute atomic E-state index is 12.5. The van der Waals surface area contributed by atoms with Crippen LogP contribution in [0.5, 0.6) is 5.75 Å². The molecule has 10 heteroatoms. The van der Waals surface area contributed by atoms with Gasteiger partial charge in [-0.3, -0.25) is 14.5 Å². The summed E-state index contributed by atoms with van der Waals surface area (Å²) in [6.45, 7) is 5.37. The number of anilines is 1. The van der Waals surface area contributed by atoms with E-state index in [1.807, 2.05) is 18.7 Å². The smallest absolute Gasteiger partial charge is 0.246 e. The van der Waals surface area contributed by atoms with Crippen molar-refractivity contribution < 1.29 is 22.7 Å². The van der Waals surface area contributed by atoms with Gasteiger partial charge in [-0.15, -0.1) is 0 Å². The number of hydrogen-bond donors (Lipinski definition) is 2. The van der Waals surface area contributed by atoms with Gasteiger partial charge in [0, 0.05) is 31.7 Å². The van der Waals surface area contributed by atoms with E-state index in [1.54, 1.807) is 6.07 Å². The van der Waals surface area contributed by atoms with E-state index < -0.39 is 10.0 Å². The van der Waals surface area contributed by atoms with E-state index in [0.29, 0.717) is 31.6 Å². The lowest BCUT2D eigenvalue weighted by Gasteiger charge is -2.31. The van der Waals surface area contributed by atoms with Crippen LogP contribution in [0.1, 0.15) is 26.7 Å². The van der Waals surface area contributed by atoms with Gasteiger partial charge >= 0.3 is 0 Å². The number of carbonyl (C=O) groups excluding carboxylic acids is 2. The molecule has 2 rings (SSSR count). The molecule has 1 fully saturated rings. The van der Waals surface area contributed by atoms with Crippen molar-refractivity contribution in [2.24, 2.45) is 5.92 Å². The Bertz CT molecular complexity index is 862. The van der Waals surface area contributed by atoms with Crippen LogP contribution in [0, 0.1) is 5.92 Å². The predicted octanol–water partition coefficient (Wildman–Crippen LogP) is 1.12. The monoisotopic (exact) mass is 440 g/mol. The fourth-order valence-corrected chi connectivity index (χ4v) is 4.39. The highest BCUT2D eigenvalue weighted by molar-refractivity contribution is 7.89. The van der Waals surface area contributed by atoms with Crippen molar-refractivity contribution in [3.05, 3.63) is 18.2 Å². The summed E-state index contributed by atoms with van der Waals surface area (Å²) < 4.78 is 31.3. The maximum atomic E-state index is 12.5. The van der Waals surface area contributed by atoms with Gasteiger partial charge in [0.1, 0.15) is 10.6 Å². The molecule has 1 aromatic rings. The Kier molecular flexibility index (Phi) is 8.22. The number of hydrogen-bond acceptors (Lipinski definition) is 6. The molecule has 0 bridgehead atoms. The molecule has 0 radical (unpaired) electrons. The third-order valence-corrected chi connectivity index (χ3v) is 6.80. The number of sulfonamides is 1. The van der Waals surface area contributed by atoms with Gasteiger partial charge in [0.05, 0.1) is 13.7 Å². The average molecular weight is 441 g/mol. The molecule has 0 unspecified atom stereocenters. The predicted molar refractivity (Wildman–Crippen MR) is 115 cm³/mol. The van der Waals surface area contributed by atoms with E-state index in [9.17, 15) is 18.0 Å². The molecule has 1 aliphatic rings. The SMILES string of the molecule is COc1ccc(NC(=O)CN2CCC(C(=O)NC(C)C)CC2)cc1S(=O)(=O)N(C)C. The van der Waals surface area contributed by atoms with Gasteiger partial charge < -0.3 is 15.4 Å². The van der Waals surface area contributed by atoms with Gasteiger partial charge in [-0.25, -0.2) is 12.7 Å². The number of piperidine rings is 1. The summed E-state index contributed by atoms with van der Waals surface area (Å²) >= 11 is 0. The molecule has 0 aromatic heterocycles. The van der Waals surface area contributed by atoms with Gasteiger partial charge in [-0.1, -0.05) is 0 Å². The van der Waals surface area contributed by atoms with Crippen LogP contribution in [0.2, 0.25) is 0 Å². The third-order valence-electron chi connectivity index (χ3n) is 4.96. The number of carbonyl (C=O) groups is 2. The molecule has 1 saturated heterocycles. The van der Waals surface area contributed by atoms with Crippen LogP contribution in [0.15, 0.2) is 23.1 Å². The molecule has 0 aliphatic carbocycles. The number of rotatable bonds is 8. The Morgan fingerprint density at radius 1 is 1.23 bits per heavy atom. The van der Waals surface area contributed by atoms with Crippen molar-refractivity contribution in [1.29, 1.82) is 0 Å². The number of nitrogens with one attached hydrogen (secondary N) is 2. The van der Waals surface area contributed by atoms with Gasteiger partial charge in [-0.05, 0) is 58.0 Å². The lowest BCUT2D eigenvalue weighted by atomic mass is 9.95. The third kappa shape index (κ3) is 6.16. The number of likely N-dealkylation sites (tertiary alicyclic amines) is 1. The topological polar surface area (TPSA) is 108 Å². The van der Waals surface area contributed by atoms with Crippen molar-refractivity contribution >= 4 is 27.5 Å². The number of nitrogens with zero attached hydrogens (tertiary/aromatic N) is 2. The van der Waals surface area contributed by atoms with Crippen molar-refractivity contribution in [2.45, 2.75) is 37.6 Å². The lowest BCUT2D eigenvalue weighted by Crippen LogP contribution is -2.44. The number of ether oxygens (including phenoxy) is 1. The standard InChI is InChI=1S/C20H32N4O5S/c1-14(2)21-20(26)15-8-10-24(11-9-15)13-19(25)22-16-6-7-17(29-5)18(12-16)30(27,28)23(3)4/h6-7,12,14-15H,8-11,13H2,1-5H3,(H,21,26)(H,22,25). The first-order valence-corrected chi connectivity index (χ1v) is 11.4. The summed E-state index contributed by atoms with van der Waals surface area (Å²) in [6.07, 6.45) is 1.42. The minimum absolute atomic E-state index is 0.00946. The summed E-state index contributed by atoms with van der Waals surface area (Å²) in [7, 11) is 0.548. The molecule has 1 aliphatic heterocycles. The molecule has 1 aromatic carbocycles. The van der Waals surface area contributed by atoms with Crippen LogP contribution in [0.25, 0.3) is 0 Å². The van der Waals surface area contributed by atoms with Gasteiger partial charge in [-0.2, -0.15) is 0 Å². The zero-order valence-electron chi connectivity index (χ0n) is 18.3. The quantitative estimate of drug-likeness (QED) is 0.627. The lowest BCUT2D eigenvalue weighted by molar-refractivity contribution is -0.127. The summed E-state index contributed by atoms with van der Waals surface area (Å²) in [4.78, 5) is 26.6. The van der Waals surface area contributed by atoms with E-state index in [-0.39, 0.29) is 41.0 Å². The summed E-state index contributed by atoms with van der Waals surface area (Å²) in [5.41, 5.74) is 0.382. The molecule has 0 saturated carbocycles. The first-order chi connectivity index (χ1) is 14.0. The molecule has 2 amide bonds. The highest BCUT2D eigenvalue weighted by Gasteiger charge is 2.27. The van der Waals surface area contributed by atoms with Crippen molar-refractivity contribution in [3.63, 3.8) is 0 Å². The number of methoxy groups -OCH3 is 1. The highest BCUT2D eigenvalue weighted by atomic mass is 32.2. The Labute approximate surface area is 178 Å². The fourth-order valence-electron chi connectivity index (χ4n) is 3.31. The summed E-state index contributed by atoms with van der Waals surface area (Å²) in [5, 5.41) is 5.69. The minimum Gasteiger partial charge on any atom is -0.495 e. The maximum Gasteiger partial charge on any atom is 0.246 e. The van der Waals surface area contributed by atoms with Crippen LogP contribution in [-0.4, -0.2) is 76.3 Å². The van der Waals surface area contributed by atoms with E-state index in [1.165, 1.54) is 33.3 Å². The van der Waals surface area contributed by atoms with E-state index in [4.69, 9.17) is 4.74 Å².